The van der Waals surface area contributed by atoms with Crippen LogP contribution in [0.15, 0.2) is 69.8 Å². The second kappa shape index (κ2) is 6.45. The fraction of sp³-hybridized carbons (Fsp3) is 0.0625. The van der Waals surface area contributed by atoms with Crippen molar-refractivity contribution in [3.63, 3.8) is 0 Å². The Hall–Kier alpha value is -2.27. The fourth-order valence-corrected chi connectivity index (χ4v) is 2.61. The second-order valence-corrected chi connectivity index (χ2v) is 5.33. The molecule has 0 N–H and O–H groups in total. The largest absolute Gasteiger partial charge is 0.225 e. The minimum Gasteiger partial charge on any atom is -0.225 e. The quantitative estimate of drug-likeness (QED) is 0.628. The van der Waals surface area contributed by atoms with Crippen LogP contribution < -0.4 is 0 Å². The van der Waals surface area contributed by atoms with Crippen molar-refractivity contribution in [1.82, 2.24) is 0 Å². The van der Waals surface area contributed by atoms with Gasteiger partial charge in [-0.3, -0.25) is 0 Å². The van der Waals surface area contributed by atoms with Crippen molar-refractivity contribution < 1.29 is 4.39 Å². The van der Waals surface area contributed by atoms with E-state index >= 15 is 0 Å². The van der Waals surface area contributed by atoms with Crippen molar-refractivity contribution in [3.05, 3.63) is 71.5 Å². The Morgan fingerprint density at radius 1 is 1.05 bits per heavy atom. The van der Waals surface area contributed by atoms with Crippen LogP contribution in [-0.2, 0) is 0 Å². The number of hydrogen-bond acceptors (Lipinski definition) is 3. The molecule has 0 spiro atoms. The van der Waals surface area contributed by atoms with Crippen molar-refractivity contribution in [3.8, 4) is 0 Å². The molecule has 0 radical (unpaired) electrons. The highest BCUT2D eigenvalue weighted by molar-refractivity contribution is 8.15. The van der Waals surface area contributed by atoms with Crippen molar-refractivity contribution in [2.45, 2.75) is 0 Å². The smallest absolute Gasteiger partial charge is 0.209 e. The predicted octanol–water partition coefficient (Wildman–Crippen LogP) is 3.75. The highest BCUT2D eigenvalue weighted by atomic mass is 32.2. The first-order valence-corrected chi connectivity index (χ1v) is 7.42. The highest BCUT2D eigenvalue weighted by Crippen LogP contribution is 2.19. The summed E-state index contributed by atoms with van der Waals surface area (Å²) in [6.45, 7) is 0. The van der Waals surface area contributed by atoms with Crippen LogP contribution >= 0.6 is 11.8 Å². The molecule has 0 atom stereocenters. The molecule has 0 saturated heterocycles. The van der Waals surface area contributed by atoms with Crippen molar-refractivity contribution >= 4 is 28.9 Å². The lowest BCUT2D eigenvalue weighted by molar-refractivity contribution is 0.628. The number of benzene rings is 2. The van der Waals surface area contributed by atoms with Crippen LogP contribution in [0.3, 0.4) is 0 Å². The molecule has 2 aromatic carbocycles. The van der Waals surface area contributed by atoms with Gasteiger partial charge in [-0.1, -0.05) is 54.2 Å². The van der Waals surface area contributed by atoms with Crippen LogP contribution in [-0.4, -0.2) is 22.8 Å². The summed E-state index contributed by atoms with van der Waals surface area (Å²) in [5.74, 6) is 0.538. The number of rotatable bonds is 3. The van der Waals surface area contributed by atoms with Gasteiger partial charge in [0.1, 0.15) is 5.82 Å². The third-order valence-corrected chi connectivity index (χ3v) is 3.74. The van der Waals surface area contributed by atoms with Crippen LogP contribution in [0.5, 0.6) is 0 Å². The van der Waals surface area contributed by atoms with Gasteiger partial charge in [0.25, 0.3) is 0 Å². The maximum atomic E-state index is 12.8. The summed E-state index contributed by atoms with van der Waals surface area (Å²) in [4.78, 5) is 4.46. The summed E-state index contributed by atoms with van der Waals surface area (Å²) in [5.41, 5.74) is 2.92. The molecule has 21 heavy (non-hydrogen) atoms. The van der Waals surface area contributed by atoms with Gasteiger partial charge in [0, 0.05) is 5.75 Å². The Kier molecular flexibility index (Phi) is 4.21. The minimum atomic E-state index is -0.262. The van der Waals surface area contributed by atoms with E-state index in [1.807, 2.05) is 30.3 Å². The highest BCUT2D eigenvalue weighted by Gasteiger charge is 2.14. The monoisotopic (exact) mass is 297 g/mol. The van der Waals surface area contributed by atoms with E-state index in [4.69, 9.17) is 0 Å². The summed E-state index contributed by atoms with van der Waals surface area (Å²) in [6, 6.07) is 16.1. The number of hydrogen-bond donors (Lipinski definition) is 0. The van der Waals surface area contributed by atoms with Crippen LogP contribution in [0, 0.1) is 5.82 Å². The molecule has 0 aliphatic carbocycles. The van der Waals surface area contributed by atoms with E-state index in [0.29, 0.717) is 5.17 Å². The topological polar surface area (TPSA) is 37.1 Å². The molecule has 0 bridgehead atoms. The molecule has 2 aromatic rings. The van der Waals surface area contributed by atoms with E-state index < -0.39 is 0 Å². The zero-order chi connectivity index (χ0) is 14.5. The maximum Gasteiger partial charge on any atom is 0.209 e. The lowest BCUT2D eigenvalue weighted by Gasteiger charge is -1.95. The molecule has 0 amide bonds. The van der Waals surface area contributed by atoms with Gasteiger partial charge in [0.2, 0.25) is 5.17 Å². The van der Waals surface area contributed by atoms with Crippen LogP contribution in [0.4, 0.5) is 4.39 Å². The Morgan fingerprint density at radius 3 is 2.57 bits per heavy atom. The molecule has 1 aliphatic heterocycles. The molecule has 1 aliphatic rings. The molecule has 5 heteroatoms. The van der Waals surface area contributed by atoms with Crippen molar-refractivity contribution in [1.29, 1.82) is 0 Å². The number of amidine groups is 1. The first-order chi connectivity index (χ1) is 10.3. The molecule has 1 heterocycles. The SMILES string of the molecule is Fc1ccc(/C=N/N=C2/N=C(c3ccccc3)CS2)cc1. The van der Waals surface area contributed by atoms with Gasteiger partial charge < -0.3 is 0 Å². The third-order valence-electron chi connectivity index (χ3n) is 2.90. The van der Waals surface area contributed by atoms with Gasteiger partial charge in [0.05, 0.1) is 11.9 Å². The predicted molar refractivity (Wildman–Crippen MR) is 86.9 cm³/mol. The minimum absolute atomic E-state index is 0.262. The second-order valence-electron chi connectivity index (χ2n) is 4.39. The number of thioether (sulfide) groups is 1. The van der Waals surface area contributed by atoms with Gasteiger partial charge >= 0.3 is 0 Å². The van der Waals surface area contributed by atoms with E-state index in [1.165, 1.54) is 12.1 Å². The average Bonchev–Trinajstić information content (AvgIpc) is 2.99. The number of nitrogens with zero attached hydrogens (tertiary/aromatic N) is 3. The Labute approximate surface area is 126 Å². The number of aliphatic imine (C=N–C) groups is 1. The molecule has 0 unspecified atom stereocenters. The summed E-state index contributed by atoms with van der Waals surface area (Å²) in [6.07, 6.45) is 1.59. The Balaban J connectivity index is 1.70. The van der Waals surface area contributed by atoms with Crippen LogP contribution in [0.1, 0.15) is 11.1 Å². The summed E-state index contributed by atoms with van der Waals surface area (Å²) >= 11 is 1.56. The first-order valence-electron chi connectivity index (χ1n) is 6.44. The fourth-order valence-electron chi connectivity index (χ4n) is 1.84. The molecule has 0 fully saturated rings. The zero-order valence-corrected chi connectivity index (χ0v) is 11.9. The molecule has 0 saturated carbocycles. The van der Waals surface area contributed by atoms with E-state index in [2.05, 4.69) is 15.2 Å². The number of halogens is 1. The summed E-state index contributed by atoms with van der Waals surface area (Å²) in [7, 11) is 0. The molecule has 3 rings (SSSR count). The normalized spacial score (nSPS) is 16.6. The van der Waals surface area contributed by atoms with E-state index in [9.17, 15) is 4.39 Å². The van der Waals surface area contributed by atoms with Gasteiger partial charge in [-0.25, -0.2) is 9.38 Å². The van der Waals surface area contributed by atoms with Gasteiger partial charge in [-0.15, -0.1) is 5.10 Å². The average molecular weight is 297 g/mol. The first kappa shape index (κ1) is 13.7. The Bertz CT molecular complexity index is 706. The van der Waals surface area contributed by atoms with Crippen molar-refractivity contribution in [2.24, 2.45) is 15.2 Å². The standard InChI is InChI=1S/C16H12FN3S/c17-14-8-6-12(7-9-14)10-18-20-16-19-15(11-21-16)13-4-2-1-3-5-13/h1-10H,11H2/b18-10+,20-16-. The van der Waals surface area contributed by atoms with E-state index in [0.717, 1.165) is 22.6 Å². The van der Waals surface area contributed by atoms with Gasteiger partial charge in [-0.05, 0) is 23.3 Å². The third kappa shape index (κ3) is 3.64. The molecule has 0 aromatic heterocycles. The summed E-state index contributed by atoms with van der Waals surface area (Å²) in [5, 5.41) is 8.72. The zero-order valence-electron chi connectivity index (χ0n) is 11.1. The van der Waals surface area contributed by atoms with Crippen molar-refractivity contribution in [2.75, 3.05) is 5.75 Å². The van der Waals surface area contributed by atoms with Gasteiger partial charge in [-0.2, -0.15) is 5.10 Å². The maximum absolute atomic E-state index is 12.8. The lowest BCUT2D eigenvalue weighted by atomic mass is 10.1. The molecular weight excluding hydrogens is 285 g/mol. The summed E-state index contributed by atoms with van der Waals surface area (Å²) < 4.78 is 12.8. The van der Waals surface area contributed by atoms with Crippen LogP contribution in [0.2, 0.25) is 0 Å². The molecule has 104 valence electrons. The molecular formula is C16H12FN3S. The lowest BCUT2D eigenvalue weighted by Crippen LogP contribution is -1.98. The molecule has 3 nitrogen and oxygen atoms in total. The van der Waals surface area contributed by atoms with Gasteiger partial charge in [0.15, 0.2) is 0 Å². The van der Waals surface area contributed by atoms with E-state index in [1.54, 1.807) is 30.1 Å². The Morgan fingerprint density at radius 2 is 1.81 bits per heavy atom. The van der Waals surface area contributed by atoms with E-state index in [-0.39, 0.29) is 5.82 Å². The van der Waals surface area contributed by atoms with Crippen LogP contribution in [0.25, 0.3) is 0 Å².